The minimum atomic E-state index is -0.432. The van der Waals surface area contributed by atoms with E-state index in [1.165, 1.54) is 0 Å². The fourth-order valence-electron chi connectivity index (χ4n) is 7.11. The number of hydrogen-bond acceptors (Lipinski definition) is 9. The first-order valence-corrected chi connectivity index (χ1v) is 16.8. The van der Waals surface area contributed by atoms with Gasteiger partial charge in [0.1, 0.15) is 46.0 Å². The Morgan fingerprint density at radius 2 is 1.77 bits per heavy atom. The molecule has 248 valence electrons. The predicted octanol–water partition coefficient (Wildman–Crippen LogP) is 4.72. The number of piperidine rings is 1. The summed E-state index contributed by atoms with van der Waals surface area (Å²) in [6, 6.07) is 20.2. The number of nitrogens with two attached hydrogens (primary N) is 1. The van der Waals surface area contributed by atoms with E-state index in [2.05, 4.69) is 34.7 Å². The first-order valence-electron chi connectivity index (χ1n) is 16.8. The molecule has 2 aromatic carbocycles. The lowest BCUT2D eigenvalue weighted by atomic mass is 9.94. The molecule has 0 saturated carbocycles. The molecule has 11 nitrogen and oxygen atoms in total. The van der Waals surface area contributed by atoms with Gasteiger partial charge in [0.15, 0.2) is 0 Å². The van der Waals surface area contributed by atoms with Gasteiger partial charge in [-0.05, 0) is 69.2 Å². The molecule has 5 heterocycles. The van der Waals surface area contributed by atoms with Crippen LogP contribution in [0.1, 0.15) is 38.4 Å². The number of benzene rings is 2. The van der Waals surface area contributed by atoms with Crippen LogP contribution in [0, 0.1) is 11.3 Å². The number of fused-ring (bicyclic) bond motifs is 1. The van der Waals surface area contributed by atoms with Crippen molar-refractivity contribution in [3.8, 4) is 28.8 Å². The number of aromatic nitrogens is 3. The predicted molar refractivity (Wildman–Crippen MR) is 183 cm³/mol. The van der Waals surface area contributed by atoms with Gasteiger partial charge < -0.3 is 20.1 Å². The van der Waals surface area contributed by atoms with Crippen LogP contribution >= 0.6 is 0 Å². The van der Waals surface area contributed by atoms with Gasteiger partial charge in [0, 0.05) is 68.7 Å². The minimum Gasteiger partial charge on any atom is -0.457 e. The number of piperazine rings is 1. The molecule has 4 aromatic rings. The van der Waals surface area contributed by atoms with Gasteiger partial charge in [-0.15, -0.1) is 0 Å². The van der Waals surface area contributed by atoms with Gasteiger partial charge in [-0.2, -0.15) is 5.26 Å². The maximum Gasteiger partial charge on any atom is 0.264 e. The largest absolute Gasteiger partial charge is 0.457 e. The molecule has 2 aromatic heterocycles. The molecular formula is C37H42N8O3. The van der Waals surface area contributed by atoms with Crippen LogP contribution in [0.4, 0.5) is 5.82 Å². The van der Waals surface area contributed by atoms with E-state index in [1.807, 2.05) is 76.2 Å². The number of imidazole rings is 1. The molecule has 48 heavy (non-hydrogen) atoms. The van der Waals surface area contributed by atoms with E-state index in [0.717, 1.165) is 86.3 Å². The smallest absolute Gasteiger partial charge is 0.264 e. The Kier molecular flexibility index (Phi) is 8.88. The van der Waals surface area contributed by atoms with E-state index in [9.17, 15) is 10.1 Å². The highest BCUT2D eigenvalue weighted by Gasteiger charge is 2.35. The number of carbonyl (C=O) groups excluding carboxylic acids is 1. The normalized spacial score (nSPS) is 20.0. The summed E-state index contributed by atoms with van der Waals surface area (Å²) in [5.74, 6) is 2.43. The van der Waals surface area contributed by atoms with Crippen molar-refractivity contribution in [3.05, 3.63) is 84.5 Å². The highest BCUT2D eigenvalue weighted by atomic mass is 16.5. The van der Waals surface area contributed by atoms with Gasteiger partial charge in [-0.25, -0.2) is 9.97 Å². The highest BCUT2D eigenvalue weighted by Crippen LogP contribution is 2.35. The van der Waals surface area contributed by atoms with E-state index in [4.69, 9.17) is 20.2 Å². The van der Waals surface area contributed by atoms with Crippen LogP contribution in [0.25, 0.3) is 16.8 Å². The number of ether oxygens (including phenoxy) is 2. The van der Waals surface area contributed by atoms with Gasteiger partial charge in [-0.1, -0.05) is 18.2 Å². The van der Waals surface area contributed by atoms with Crippen LogP contribution in [-0.2, 0) is 9.53 Å². The number of rotatable bonds is 8. The van der Waals surface area contributed by atoms with Gasteiger partial charge in [0.2, 0.25) is 0 Å². The summed E-state index contributed by atoms with van der Waals surface area (Å²) in [6.45, 7) is 10.6. The molecule has 0 unspecified atom stereocenters. The number of nitrogens with zero attached hydrogens (tertiary/aromatic N) is 7. The van der Waals surface area contributed by atoms with Crippen molar-refractivity contribution in [1.29, 1.82) is 5.26 Å². The average Bonchev–Trinajstić information content (AvgIpc) is 3.48. The monoisotopic (exact) mass is 646 g/mol. The summed E-state index contributed by atoms with van der Waals surface area (Å²) in [6.07, 6.45) is 7.09. The molecule has 2 N–H and O–H groups in total. The second kappa shape index (κ2) is 13.4. The molecular weight excluding hydrogens is 604 g/mol. The standard InChI is InChI=1S/C37H42N8O3/c1-37(2,44-19-17-42(18-20-44)29-24-47-25-29)21-28(22-38)36(46)43-15-6-7-27(23-43)35-41-32(33-34(39)40-14-16-45(33)35)26-10-12-31(13-11-26)48-30-8-4-3-5-9-30/h3-5,8-14,16,21,27,29H,6-7,15,17-20,23-25H2,1-2H3,(H2,39,40)/b28-21-/t27-/m1/s1. The number of amides is 1. The number of hydrogen-bond donors (Lipinski definition) is 1. The van der Waals surface area contributed by atoms with Crippen molar-refractivity contribution in [2.45, 2.75) is 44.2 Å². The SMILES string of the molecule is CC(C)(/C=C(/C#N)C(=O)N1CCC[C@@H](c2nc(-c3ccc(Oc4ccccc4)cc3)c3c(N)nccn23)C1)N1CCN(C2COC2)CC1. The van der Waals surface area contributed by atoms with Crippen molar-refractivity contribution in [2.75, 3.05) is 58.2 Å². The number of para-hydroxylation sites is 1. The summed E-state index contributed by atoms with van der Waals surface area (Å²) in [4.78, 5) is 30.0. The molecule has 3 saturated heterocycles. The molecule has 1 amide bonds. The number of nitriles is 1. The molecule has 0 spiro atoms. The van der Waals surface area contributed by atoms with Crippen LogP contribution in [-0.4, -0.2) is 99.0 Å². The zero-order valence-electron chi connectivity index (χ0n) is 27.6. The van der Waals surface area contributed by atoms with E-state index in [0.29, 0.717) is 24.9 Å². The summed E-state index contributed by atoms with van der Waals surface area (Å²) >= 11 is 0. The van der Waals surface area contributed by atoms with E-state index in [-0.39, 0.29) is 17.4 Å². The lowest BCUT2D eigenvalue weighted by Gasteiger charge is -2.46. The second-order valence-corrected chi connectivity index (χ2v) is 13.4. The quantitative estimate of drug-likeness (QED) is 0.214. The molecule has 3 fully saturated rings. The molecule has 11 heteroatoms. The van der Waals surface area contributed by atoms with Gasteiger partial charge in [-0.3, -0.25) is 19.0 Å². The van der Waals surface area contributed by atoms with Crippen molar-refractivity contribution in [1.82, 2.24) is 29.1 Å². The van der Waals surface area contributed by atoms with E-state index < -0.39 is 5.54 Å². The lowest BCUT2D eigenvalue weighted by Crippen LogP contribution is -2.59. The Morgan fingerprint density at radius 3 is 2.46 bits per heavy atom. The van der Waals surface area contributed by atoms with Crippen LogP contribution in [0.3, 0.4) is 0 Å². The first kappa shape index (κ1) is 31.8. The summed E-state index contributed by atoms with van der Waals surface area (Å²) in [7, 11) is 0. The van der Waals surface area contributed by atoms with E-state index in [1.54, 1.807) is 6.20 Å². The molecule has 0 aliphatic carbocycles. The van der Waals surface area contributed by atoms with Crippen LogP contribution in [0.5, 0.6) is 11.5 Å². The zero-order chi connectivity index (χ0) is 33.3. The second-order valence-electron chi connectivity index (χ2n) is 13.4. The maximum atomic E-state index is 13.9. The number of carbonyl (C=O) groups is 1. The van der Waals surface area contributed by atoms with E-state index >= 15 is 0 Å². The molecule has 3 aliphatic rings. The number of anilines is 1. The van der Waals surface area contributed by atoms with Crippen molar-refractivity contribution in [2.24, 2.45) is 0 Å². The van der Waals surface area contributed by atoms with Gasteiger partial charge >= 0.3 is 0 Å². The van der Waals surface area contributed by atoms with Crippen LogP contribution in [0.15, 0.2) is 78.6 Å². The third kappa shape index (κ3) is 6.39. The summed E-state index contributed by atoms with van der Waals surface area (Å²) in [5, 5.41) is 10.2. The Hall–Kier alpha value is -4.76. The third-order valence-electron chi connectivity index (χ3n) is 9.91. The van der Waals surface area contributed by atoms with Crippen molar-refractivity contribution < 1.29 is 14.3 Å². The number of nitrogen functional groups attached to an aromatic ring is 1. The fourth-order valence-corrected chi connectivity index (χ4v) is 7.11. The molecule has 0 bridgehead atoms. The fraction of sp³-hybridized carbons (Fsp3) is 0.405. The summed E-state index contributed by atoms with van der Waals surface area (Å²) in [5.41, 5.74) is 8.55. The molecule has 3 aliphatic heterocycles. The topological polar surface area (TPSA) is 125 Å². The minimum absolute atomic E-state index is 0.0389. The zero-order valence-corrected chi connectivity index (χ0v) is 27.6. The lowest BCUT2D eigenvalue weighted by molar-refractivity contribution is -0.128. The Labute approximate surface area is 281 Å². The Morgan fingerprint density at radius 1 is 1.04 bits per heavy atom. The van der Waals surface area contributed by atoms with Crippen LogP contribution < -0.4 is 10.5 Å². The Balaban J connectivity index is 1.09. The first-order chi connectivity index (χ1) is 23.3. The summed E-state index contributed by atoms with van der Waals surface area (Å²) < 4.78 is 13.4. The maximum absolute atomic E-state index is 13.9. The molecule has 1 atom stereocenters. The third-order valence-corrected chi connectivity index (χ3v) is 9.91. The van der Waals surface area contributed by atoms with Crippen molar-refractivity contribution >= 4 is 17.2 Å². The average molecular weight is 647 g/mol. The van der Waals surface area contributed by atoms with Crippen LogP contribution in [0.2, 0.25) is 0 Å². The molecule has 7 rings (SSSR count). The molecule has 0 radical (unpaired) electrons. The van der Waals surface area contributed by atoms with Crippen molar-refractivity contribution in [3.63, 3.8) is 0 Å². The number of likely N-dealkylation sites (tertiary alicyclic amines) is 1. The van der Waals surface area contributed by atoms with Gasteiger partial charge in [0.05, 0.1) is 19.3 Å². The highest BCUT2D eigenvalue weighted by molar-refractivity contribution is 5.97. The Bertz CT molecular complexity index is 1830. The van der Waals surface area contributed by atoms with Gasteiger partial charge in [0.25, 0.3) is 5.91 Å².